The minimum atomic E-state index is -4.53. The molecular weight excluding hydrogens is 345 g/mol. The standard InChI is InChI=1S/C19H13F3N2O2/c20-19(21,22)16-9-14(17-10-26-18(25)24-23-17)6-7-15(16)13-5-4-11-2-1-3-12(11)8-13/h1-2,4-9H,3,10H2,(H,24,25). The van der Waals surface area contributed by atoms with Crippen molar-refractivity contribution in [1.29, 1.82) is 0 Å². The van der Waals surface area contributed by atoms with Gasteiger partial charge in [0.2, 0.25) is 0 Å². The molecule has 132 valence electrons. The second-order valence-electron chi connectivity index (χ2n) is 6.02. The molecule has 0 unspecified atom stereocenters. The van der Waals surface area contributed by atoms with E-state index in [-0.39, 0.29) is 23.4 Å². The number of carbonyl (C=O) groups excluding carboxylic acids is 1. The minimum Gasteiger partial charge on any atom is -0.442 e. The predicted molar refractivity (Wildman–Crippen MR) is 90.6 cm³/mol. The summed E-state index contributed by atoms with van der Waals surface area (Å²) in [6.45, 7) is -0.174. The molecule has 0 fully saturated rings. The molecule has 2 aromatic rings. The van der Waals surface area contributed by atoms with E-state index in [1.807, 2.05) is 18.2 Å². The van der Waals surface area contributed by atoms with Gasteiger partial charge in [-0.25, -0.2) is 10.2 Å². The van der Waals surface area contributed by atoms with Gasteiger partial charge in [0.1, 0.15) is 12.3 Å². The van der Waals surface area contributed by atoms with Crippen molar-refractivity contribution in [1.82, 2.24) is 5.43 Å². The van der Waals surface area contributed by atoms with Crippen molar-refractivity contribution in [3.63, 3.8) is 0 Å². The highest BCUT2D eigenvalue weighted by Crippen LogP contribution is 2.39. The van der Waals surface area contributed by atoms with Crippen LogP contribution in [-0.4, -0.2) is 18.4 Å². The van der Waals surface area contributed by atoms with Gasteiger partial charge in [0.05, 0.1) is 5.56 Å². The first-order valence-electron chi connectivity index (χ1n) is 7.92. The van der Waals surface area contributed by atoms with Gasteiger partial charge in [0.25, 0.3) is 0 Å². The molecule has 7 heteroatoms. The first-order chi connectivity index (χ1) is 12.4. The number of nitrogens with one attached hydrogen (secondary N) is 1. The first kappa shape index (κ1) is 16.4. The van der Waals surface area contributed by atoms with E-state index in [0.29, 0.717) is 5.56 Å². The quantitative estimate of drug-likeness (QED) is 0.866. The van der Waals surface area contributed by atoms with Crippen LogP contribution in [-0.2, 0) is 17.3 Å². The molecule has 1 heterocycles. The highest BCUT2D eigenvalue weighted by atomic mass is 19.4. The molecular formula is C19H13F3N2O2. The number of hydrogen-bond acceptors (Lipinski definition) is 3. The molecule has 1 aliphatic heterocycles. The van der Waals surface area contributed by atoms with Crippen molar-refractivity contribution in [2.75, 3.05) is 6.61 Å². The van der Waals surface area contributed by atoms with E-state index in [1.165, 1.54) is 6.07 Å². The average Bonchev–Trinajstić information content (AvgIpc) is 3.09. The van der Waals surface area contributed by atoms with Crippen LogP contribution in [0.2, 0.25) is 0 Å². The molecule has 0 saturated carbocycles. The number of hydrazone groups is 1. The van der Waals surface area contributed by atoms with Gasteiger partial charge >= 0.3 is 12.3 Å². The highest BCUT2D eigenvalue weighted by molar-refractivity contribution is 6.04. The lowest BCUT2D eigenvalue weighted by Crippen LogP contribution is -2.30. The molecule has 2 aromatic carbocycles. The molecule has 0 radical (unpaired) electrons. The van der Waals surface area contributed by atoms with Crippen LogP contribution in [0.3, 0.4) is 0 Å². The Kier molecular flexibility index (Phi) is 3.79. The number of halogens is 3. The summed E-state index contributed by atoms with van der Waals surface area (Å²) in [5.41, 5.74) is 4.50. The number of nitrogens with zero attached hydrogens (tertiary/aromatic N) is 1. The van der Waals surface area contributed by atoms with E-state index in [9.17, 15) is 18.0 Å². The maximum absolute atomic E-state index is 13.7. The largest absolute Gasteiger partial charge is 0.442 e. The van der Waals surface area contributed by atoms with Gasteiger partial charge in [-0.1, -0.05) is 42.5 Å². The van der Waals surface area contributed by atoms with Crippen molar-refractivity contribution < 1.29 is 22.7 Å². The lowest BCUT2D eigenvalue weighted by Gasteiger charge is -2.18. The first-order valence-corrected chi connectivity index (χ1v) is 7.92. The van der Waals surface area contributed by atoms with Crippen molar-refractivity contribution in [3.05, 3.63) is 64.7 Å². The van der Waals surface area contributed by atoms with Crippen molar-refractivity contribution in [2.45, 2.75) is 12.6 Å². The fourth-order valence-electron chi connectivity index (χ4n) is 3.09. The van der Waals surface area contributed by atoms with E-state index in [4.69, 9.17) is 4.74 Å². The summed E-state index contributed by atoms with van der Waals surface area (Å²) in [4.78, 5) is 11.0. The van der Waals surface area contributed by atoms with Crippen LogP contribution in [0.1, 0.15) is 22.3 Å². The lowest BCUT2D eigenvalue weighted by atomic mass is 9.93. The molecule has 0 saturated heterocycles. The van der Waals surface area contributed by atoms with E-state index < -0.39 is 17.8 Å². The Balaban J connectivity index is 1.79. The Morgan fingerprint density at radius 3 is 2.62 bits per heavy atom. The second-order valence-corrected chi connectivity index (χ2v) is 6.02. The van der Waals surface area contributed by atoms with Crippen LogP contribution < -0.4 is 5.43 Å². The number of cyclic esters (lactones) is 1. The normalized spacial score (nSPS) is 16.0. The number of ether oxygens (including phenoxy) is 1. The fraction of sp³-hybridized carbons (Fsp3) is 0.158. The zero-order valence-corrected chi connectivity index (χ0v) is 13.4. The molecule has 4 nitrogen and oxygen atoms in total. The van der Waals surface area contributed by atoms with E-state index in [2.05, 4.69) is 10.5 Å². The van der Waals surface area contributed by atoms with E-state index >= 15 is 0 Å². The van der Waals surface area contributed by atoms with Crippen LogP contribution in [0.25, 0.3) is 17.2 Å². The van der Waals surface area contributed by atoms with Gasteiger partial charge in [-0.05, 0) is 34.7 Å². The highest BCUT2D eigenvalue weighted by Gasteiger charge is 2.34. The number of rotatable bonds is 2. The SMILES string of the molecule is O=C1NN=C(c2ccc(-c3ccc4c(c3)CC=C4)c(C(F)(F)F)c2)CO1. The molecule has 1 aliphatic carbocycles. The lowest BCUT2D eigenvalue weighted by molar-refractivity contribution is -0.137. The summed E-state index contributed by atoms with van der Waals surface area (Å²) < 4.78 is 45.8. The third kappa shape index (κ3) is 2.96. The predicted octanol–water partition coefficient (Wildman–Crippen LogP) is 4.39. The summed E-state index contributed by atoms with van der Waals surface area (Å²) >= 11 is 0. The minimum absolute atomic E-state index is 0.109. The third-order valence-electron chi connectivity index (χ3n) is 4.37. The van der Waals surface area contributed by atoms with Gasteiger partial charge < -0.3 is 4.74 Å². The molecule has 0 bridgehead atoms. The van der Waals surface area contributed by atoms with Gasteiger partial charge in [0, 0.05) is 5.56 Å². The van der Waals surface area contributed by atoms with Crippen LogP contribution in [0.5, 0.6) is 0 Å². The fourth-order valence-corrected chi connectivity index (χ4v) is 3.09. The van der Waals surface area contributed by atoms with Crippen LogP contribution in [0.4, 0.5) is 18.0 Å². The number of benzene rings is 2. The van der Waals surface area contributed by atoms with E-state index in [0.717, 1.165) is 23.6 Å². The number of hydrogen-bond donors (Lipinski definition) is 1. The van der Waals surface area contributed by atoms with Crippen LogP contribution in [0, 0.1) is 0 Å². The van der Waals surface area contributed by atoms with Crippen LogP contribution >= 0.6 is 0 Å². The zero-order valence-electron chi connectivity index (χ0n) is 13.4. The molecule has 0 aromatic heterocycles. The molecule has 0 atom stereocenters. The molecule has 2 aliphatic rings. The summed E-state index contributed by atoms with van der Waals surface area (Å²) in [7, 11) is 0. The summed E-state index contributed by atoms with van der Waals surface area (Å²) in [5, 5.41) is 3.77. The summed E-state index contributed by atoms with van der Waals surface area (Å²) in [6.07, 6.45) is -0.591. The third-order valence-corrected chi connectivity index (χ3v) is 4.37. The maximum atomic E-state index is 13.7. The Labute approximate surface area is 147 Å². The van der Waals surface area contributed by atoms with Gasteiger partial charge in [-0.15, -0.1) is 0 Å². The second kappa shape index (κ2) is 6.01. The Hall–Kier alpha value is -3.09. The van der Waals surface area contributed by atoms with Gasteiger partial charge in [-0.2, -0.15) is 18.3 Å². The molecule has 1 amide bonds. The van der Waals surface area contributed by atoms with Crippen LogP contribution in [0.15, 0.2) is 47.6 Å². The Morgan fingerprint density at radius 2 is 1.88 bits per heavy atom. The zero-order chi connectivity index (χ0) is 18.3. The number of carbonyl (C=O) groups is 1. The topological polar surface area (TPSA) is 50.7 Å². The van der Waals surface area contributed by atoms with E-state index in [1.54, 1.807) is 18.2 Å². The van der Waals surface area contributed by atoms with Crippen molar-refractivity contribution in [2.24, 2.45) is 5.10 Å². The molecule has 0 spiro atoms. The van der Waals surface area contributed by atoms with Crippen molar-refractivity contribution >= 4 is 17.9 Å². The summed E-state index contributed by atoms with van der Waals surface area (Å²) in [5.74, 6) is 0. The maximum Gasteiger partial charge on any atom is 0.428 e. The average molecular weight is 358 g/mol. The summed E-state index contributed by atoms with van der Waals surface area (Å²) in [6, 6.07) is 9.34. The molecule has 1 N–H and O–H groups in total. The molecule has 26 heavy (non-hydrogen) atoms. The Morgan fingerprint density at radius 1 is 1.08 bits per heavy atom. The van der Waals surface area contributed by atoms with Gasteiger partial charge in [0.15, 0.2) is 0 Å². The monoisotopic (exact) mass is 358 g/mol. The van der Waals surface area contributed by atoms with Gasteiger partial charge in [-0.3, -0.25) is 0 Å². The number of allylic oxidation sites excluding steroid dienone is 1. The number of amides is 1. The smallest absolute Gasteiger partial charge is 0.428 e. The Bertz CT molecular complexity index is 962. The number of fused-ring (bicyclic) bond motifs is 1. The van der Waals surface area contributed by atoms with Crippen molar-refractivity contribution in [3.8, 4) is 11.1 Å². The number of alkyl halides is 3. The molecule has 4 rings (SSSR count).